The second-order valence-electron chi connectivity index (χ2n) is 3.56. The number of imidazole rings is 1. The second kappa shape index (κ2) is 4.27. The van der Waals surface area contributed by atoms with Crippen LogP contribution in [-0.4, -0.2) is 25.9 Å². The van der Waals surface area contributed by atoms with E-state index in [1.54, 1.807) is 4.68 Å². The molecule has 0 radical (unpaired) electrons. The van der Waals surface area contributed by atoms with Crippen LogP contribution in [0.3, 0.4) is 0 Å². The van der Waals surface area contributed by atoms with Crippen molar-refractivity contribution in [1.29, 1.82) is 0 Å². The van der Waals surface area contributed by atoms with Gasteiger partial charge in [-0.3, -0.25) is 4.68 Å². The van der Waals surface area contributed by atoms with Crippen molar-refractivity contribution in [3.05, 3.63) is 36.2 Å². The summed E-state index contributed by atoms with van der Waals surface area (Å²) in [6, 6.07) is 2.00. The van der Waals surface area contributed by atoms with Crippen LogP contribution in [0.2, 0.25) is 0 Å². The highest BCUT2D eigenvalue weighted by atomic mass is 15.3. The predicted octanol–water partition coefficient (Wildman–Crippen LogP) is 0.166. The summed E-state index contributed by atoms with van der Waals surface area (Å²) in [6.45, 7) is 1.40. The Morgan fingerprint density at radius 3 is 2.93 bits per heavy atom. The molecule has 0 aliphatic carbocycles. The second-order valence-corrected chi connectivity index (χ2v) is 3.56. The summed E-state index contributed by atoms with van der Waals surface area (Å²) in [4.78, 5) is 4.26. The molecule has 0 fully saturated rings. The number of rotatable bonds is 4. The predicted molar refractivity (Wildman–Crippen MR) is 57.3 cm³/mol. The Labute approximate surface area is 88.5 Å². The third-order valence-electron chi connectivity index (χ3n) is 2.20. The van der Waals surface area contributed by atoms with Crippen molar-refractivity contribution >= 4 is 0 Å². The Balaban J connectivity index is 2.04. The van der Waals surface area contributed by atoms with Crippen molar-refractivity contribution in [3.8, 4) is 0 Å². The zero-order valence-corrected chi connectivity index (χ0v) is 8.80. The van der Waals surface area contributed by atoms with Gasteiger partial charge in [-0.2, -0.15) is 5.10 Å². The molecular formula is C10H15N5. The van der Waals surface area contributed by atoms with Crippen LogP contribution in [0.25, 0.3) is 0 Å². The van der Waals surface area contributed by atoms with Crippen molar-refractivity contribution in [3.63, 3.8) is 0 Å². The molecule has 0 bridgehead atoms. The van der Waals surface area contributed by atoms with Gasteiger partial charge in [0.2, 0.25) is 0 Å². The van der Waals surface area contributed by atoms with Crippen molar-refractivity contribution in [2.24, 2.45) is 12.8 Å². The molecule has 2 N–H and O–H groups in total. The van der Waals surface area contributed by atoms with Gasteiger partial charge in [-0.25, -0.2) is 4.98 Å². The first-order valence-electron chi connectivity index (χ1n) is 4.97. The first-order valence-corrected chi connectivity index (χ1v) is 4.97. The van der Waals surface area contributed by atoms with Crippen LogP contribution in [0.1, 0.15) is 11.4 Å². The average Bonchev–Trinajstić information content (AvgIpc) is 2.78. The Morgan fingerprint density at radius 2 is 2.27 bits per heavy atom. The summed E-state index contributed by atoms with van der Waals surface area (Å²) in [5.41, 5.74) is 7.53. The molecule has 5 nitrogen and oxygen atoms in total. The van der Waals surface area contributed by atoms with Crippen molar-refractivity contribution in [1.82, 2.24) is 19.3 Å². The van der Waals surface area contributed by atoms with Crippen molar-refractivity contribution < 1.29 is 0 Å². The molecular weight excluding hydrogens is 190 g/mol. The van der Waals surface area contributed by atoms with Crippen LogP contribution in [0, 0.1) is 0 Å². The third-order valence-corrected chi connectivity index (χ3v) is 2.20. The monoisotopic (exact) mass is 205 g/mol. The fourth-order valence-electron chi connectivity index (χ4n) is 1.50. The highest BCUT2D eigenvalue weighted by Gasteiger charge is 2.00. The maximum absolute atomic E-state index is 5.46. The zero-order chi connectivity index (χ0) is 10.7. The normalized spacial score (nSPS) is 10.8. The molecule has 2 heterocycles. The Kier molecular flexibility index (Phi) is 2.82. The van der Waals surface area contributed by atoms with Crippen LogP contribution in [0.5, 0.6) is 0 Å². The first-order chi connectivity index (χ1) is 7.28. The fraction of sp³-hybridized carbons (Fsp3) is 0.400. The molecule has 5 heteroatoms. The molecule has 0 aliphatic rings. The lowest BCUT2D eigenvalue weighted by molar-refractivity contribution is 0.705. The lowest BCUT2D eigenvalue weighted by Gasteiger charge is -1.97. The summed E-state index contributed by atoms with van der Waals surface area (Å²) >= 11 is 0. The molecule has 2 aromatic rings. The van der Waals surface area contributed by atoms with E-state index in [0.29, 0.717) is 6.54 Å². The quantitative estimate of drug-likeness (QED) is 0.773. The molecule has 15 heavy (non-hydrogen) atoms. The molecule has 0 amide bonds. The van der Waals surface area contributed by atoms with E-state index in [4.69, 9.17) is 5.73 Å². The molecule has 0 saturated carbocycles. The van der Waals surface area contributed by atoms with Crippen LogP contribution >= 0.6 is 0 Å². The van der Waals surface area contributed by atoms with Gasteiger partial charge in [0.05, 0.1) is 24.3 Å². The summed E-state index contributed by atoms with van der Waals surface area (Å²) in [7, 11) is 1.91. The lowest BCUT2D eigenvalue weighted by atomic mass is 10.3. The van der Waals surface area contributed by atoms with Crippen LogP contribution in [0.15, 0.2) is 24.8 Å². The van der Waals surface area contributed by atoms with E-state index in [9.17, 15) is 0 Å². The Bertz CT molecular complexity index is 428. The van der Waals surface area contributed by atoms with Crippen LogP contribution in [0.4, 0.5) is 0 Å². The molecule has 2 rings (SSSR count). The highest BCUT2D eigenvalue weighted by molar-refractivity contribution is 5.03. The van der Waals surface area contributed by atoms with Gasteiger partial charge in [-0.1, -0.05) is 0 Å². The number of hydrogen-bond acceptors (Lipinski definition) is 3. The van der Waals surface area contributed by atoms with E-state index in [2.05, 4.69) is 10.1 Å². The molecule has 0 saturated heterocycles. The first kappa shape index (κ1) is 9.92. The SMILES string of the molecule is Cn1ccc(Cn2cnc(CCN)c2)n1. The Hall–Kier alpha value is -1.62. The van der Waals surface area contributed by atoms with Gasteiger partial charge in [0.15, 0.2) is 0 Å². The van der Waals surface area contributed by atoms with E-state index in [-0.39, 0.29) is 0 Å². The molecule has 0 aromatic carbocycles. The van der Waals surface area contributed by atoms with Crippen molar-refractivity contribution in [2.45, 2.75) is 13.0 Å². The molecule has 0 spiro atoms. The van der Waals surface area contributed by atoms with Gasteiger partial charge in [0, 0.05) is 25.9 Å². The molecule has 0 atom stereocenters. The highest BCUT2D eigenvalue weighted by Crippen LogP contribution is 2.01. The maximum Gasteiger partial charge on any atom is 0.0953 e. The standard InChI is InChI=1S/C10H15N5/c1-14-5-3-10(13-14)7-15-6-9(2-4-11)12-8-15/h3,5-6,8H,2,4,7,11H2,1H3. The average molecular weight is 205 g/mol. The summed E-state index contributed by atoms with van der Waals surface area (Å²) in [6.07, 6.45) is 6.60. The van der Waals surface area contributed by atoms with Crippen molar-refractivity contribution in [2.75, 3.05) is 6.54 Å². The van der Waals surface area contributed by atoms with Gasteiger partial charge in [0.25, 0.3) is 0 Å². The summed E-state index contributed by atoms with van der Waals surface area (Å²) in [5.74, 6) is 0. The third kappa shape index (κ3) is 2.44. The number of aryl methyl sites for hydroxylation is 1. The molecule has 80 valence electrons. The minimum atomic E-state index is 0.639. The fourth-order valence-corrected chi connectivity index (χ4v) is 1.50. The van der Waals surface area contributed by atoms with Crippen LogP contribution in [-0.2, 0) is 20.0 Å². The summed E-state index contributed by atoms with van der Waals surface area (Å²) in [5, 5.41) is 4.30. The van der Waals surface area contributed by atoms with Crippen LogP contribution < -0.4 is 5.73 Å². The molecule has 0 aliphatic heterocycles. The molecule has 2 aromatic heterocycles. The van der Waals surface area contributed by atoms with Gasteiger partial charge >= 0.3 is 0 Å². The van der Waals surface area contributed by atoms with Gasteiger partial charge < -0.3 is 10.3 Å². The zero-order valence-electron chi connectivity index (χ0n) is 8.80. The van der Waals surface area contributed by atoms with E-state index in [1.165, 1.54) is 0 Å². The van der Waals surface area contributed by atoms with E-state index < -0.39 is 0 Å². The maximum atomic E-state index is 5.46. The largest absolute Gasteiger partial charge is 0.331 e. The number of hydrogen-bond donors (Lipinski definition) is 1. The number of nitrogens with zero attached hydrogens (tertiary/aromatic N) is 4. The van der Waals surface area contributed by atoms with Gasteiger partial charge in [-0.05, 0) is 12.6 Å². The number of aromatic nitrogens is 4. The Morgan fingerprint density at radius 1 is 1.40 bits per heavy atom. The van der Waals surface area contributed by atoms with Gasteiger partial charge in [-0.15, -0.1) is 0 Å². The van der Waals surface area contributed by atoms with E-state index >= 15 is 0 Å². The molecule has 0 unspecified atom stereocenters. The van der Waals surface area contributed by atoms with E-state index in [0.717, 1.165) is 24.4 Å². The minimum absolute atomic E-state index is 0.639. The number of nitrogens with two attached hydrogens (primary N) is 1. The topological polar surface area (TPSA) is 61.7 Å². The van der Waals surface area contributed by atoms with E-state index in [1.807, 2.05) is 36.4 Å². The minimum Gasteiger partial charge on any atom is -0.331 e. The summed E-state index contributed by atoms with van der Waals surface area (Å²) < 4.78 is 3.82. The smallest absolute Gasteiger partial charge is 0.0953 e. The lowest BCUT2D eigenvalue weighted by Crippen LogP contribution is -2.03. The van der Waals surface area contributed by atoms with Gasteiger partial charge in [0.1, 0.15) is 0 Å².